The van der Waals surface area contributed by atoms with Gasteiger partial charge in [-0.15, -0.1) is 0 Å². The second kappa shape index (κ2) is 8.34. The number of rotatable bonds is 6. The lowest BCUT2D eigenvalue weighted by molar-refractivity contribution is -0.139. The van der Waals surface area contributed by atoms with Crippen LogP contribution in [0.15, 0.2) is 48.5 Å². The van der Waals surface area contributed by atoms with Crippen LogP contribution in [-0.2, 0) is 22.4 Å². The Bertz CT molecular complexity index is 666. The molecule has 0 saturated heterocycles. The summed E-state index contributed by atoms with van der Waals surface area (Å²) in [6.45, 7) is 0.546. The van der Waals surface area contributed by atoms with Crippen LogP contribution in [0.2, 0.25) is 5.02 Å². The summed E-state index contributed by atoms with van der Waals surface area (Å²) in [5, 5.41) is 3.57. The molecule has 0 unspecified atom stereocenters. The van der Waals surface area contributed by atoms with Crippen molar-refractivity contribution >= 4 is 23.5 Å². The summed E-state index contributed by atoms with van der Waals surface area (Å²) < 4.78 is 4.61. The third-order valence-electron chi connectivity index (χ3n) is 3.40. The normalized spacial score (nSPS) is 10.2. The highest BCUT2D eigenvalue weighted by Crippen LogP contribution is 2.10. The molecular weight excluding hydrogens is 314 g/mol. The fraction of sp³-hybridized carbons (Fsp3) is 0.222. The van der Waals surface area contributed by atoms with Crippen molar-refractivity contribution in [2.45, 2.75) is 12.8 Å². The molecule has 1 amide bonds. The minimum Gasteiger partial charge on any atom is -0.469 e. The fourth-order valence-corrected chi connectivity index (χ4v) is 2.21. The number of methoxy groups -OCH3 is 1. The first-order chi connectivity index (χ1) is 11.1. The fourth-order valence-electron chi connectivity index (χ4n) is 2.09. The summed E-state index contributed by atoms with van der Waals surface area (Å²) in [7, 11) is 1.35. The van der Waals surface area contributed by atoms with E-state index in [0.717, 1.165) is 17.5 Å². The molecular formula is C18H18ClNO3. The number of benzene rings is 2. The molecule has 2 aromatic rings. The summed E-state index contributed by atoms with van der Waals surface area (Å²) in [5.41, 5.74) is 2.49. The van der Waals surface area contributed by atoms with Crippen molar-refractivity contribution in [2.24, 2.45) is 0 Å². The quantitative estimate of drug-likeness (QED) is 0.828. The molecule has 0 aliphatic carbocycles. The molecule has 23 heavy (non-hydrogen) atoms. The highest BCUT2D eigenvalue weighted by atomic mass is 35.5. The Morgan fingerprint density at radius 1 is 1.00 bits per heavy atom. The van der Waals surface area contributed by atoms with E-state index in [1.54, 1.807) is 24.3 Å². The van der Waals surface area contributed by atoms with Crippen LogP contribution in [0.25, 0.3) is 0 Å². The van der Waals surface area contributed by atoms with Gasteiger partial charge in [-0.2, -0.15) is 0 Å². The number of nitrogens with one attached hydrogen (secondary N) is 1. The topological polar surface area (TPSA) is 55.4 Å². The molecule has 0 heterocycles. The molecule has 0 aromatic heterocycles. The van der Waals surface area contributed by atoms with Gasteiger partial charge in [0.25, 0.3) is 5.91 Å². The minimum absolute atomic E-state index is 0.136. The van der Waals surface area contributed by atoms with E-state index in [-0.39, 0.29) is 18.3 Å². The summed E-state index contributed by atoms with van der Waals surface area (Å²) in [6, 6.07) is 14.5. The summed E-state index contributed by atoms with van der Waals surface area (Å²) in [6.07, 6.45) is 0.943. The van der Waals surface area contributed by atoms with Crippen LogP contribution in [-0.4, -0.2) is 25.5 Å². The van der Waals surface area contributed by atoms with Gasteiger partial charge < -0.3 is 10.1 Å². The van der Waals surface area contributed by atoms with E-state index < -0.39 is 0 Å². The maximum atomic E-state index is 12.1. The van der Waals surface area contributed by atoms with Gasteiger partial charge in [-0.05, 0) is 41.8 Å². The SMILES string of the molecule is COC(=O)Cc1ccc(C(=O)NCCc2ccc(Cl)cc2)cc1. The van der Waals surface area contributed by atoms with Gasteiger partial charge in [-0.3, -0.25) is 9.59 Å². The van der Waals surface area contributed by atoms with Crippen LogP contribution < -0.4 is 5.32 Å². The summed E-state index contributed by atoms with van der Waals surface area (Å²) in [5.74, 6) is -0.436. The average Bonchev–Trinajstić information content (AvgIpc) is 2.57. The molecule has 120 valence electrons. The van der Waals surface area contributed by atoms with E-state index in [4.69, 9.17) is 11.6 Å². The van der Waals surface area contributed by atoms with Crippen molar-refractivity contribution in [3.63, 3.8) is 0 Å². The number of carbonyl (C=O) groups excluding carboxylic acids is 2. The minimum atomic E-state index is -0.301. The van der Waals surface area contributed by atoms with Gasteiger partial charge in [0.1, 0.15) is 0 Å². The third kappa shape index (κ3) is 5.42. The lowest BCUT2D eigenvalue weighted by Gasteiger charge is -2.06. The maximum absolute atomic E-state index is 12.1. The van der Waals surface area contributed by atoms with Crippen molar-refractivity contribution < 1.29 is 14.3 Å². The molecule has 0 fully saturated rings. The molecule has 5 heteroatoms. The standard InChI is InChI=1S/C18H18ClNO3/c1-23-17(21)12-14-2-6-15(7-3-14)18(22)20-11-10-13-4-8-16(19)9-5-13/h2-9H,10-12H2,1H3,(H,20,22). The molecule has 4 nitrogen and oxygen atoms in total. The van der Waals surface area contributed by atoms with E-state index in [1.165, 1.54) is 7.11 Å². The van der Waals surface area contributed by atoms with E-state index in [2.05, 4.69) is 10.1 Å². The number of hydrogen-bond donors (Lipinski definition) is 1. The van der Waals surface area contributed by atoms with Gasteiger partial charge in [0, 0.05) is 17.1 Å². The molecule has 0 saturated carbocycles. The molecule has 0 aliphatic heterocycles. The largest absolute Gasteiger partial charge is 0.469 e. The second-order valence-corrected chi connectivity index (χ2v) is 5.52. The molecule has 0 atom stereocenters. The first-order valence-electron chi connectivity index (χ1n) is 7.27. The van der Waals surface area contributed by atoms with Crippen molar-refractivity contribution in [3.05, 3.63) is 70.2 Å². The van der Waals surface area contributed by atoms with Crippen molar-refractivity contribution in [3.8, 4) is 0 Å². The van der Waals surface area contributed by atoms with Crippen LogP contribution in [0.4, 0.5) is 0 Å². The number of ether oxygens (including phenoxy) is 1. The Hall–Kier alpha value is -2.33. The number of carbonyl (C=O) groups is 2. The number of amides is 1. The van der Waals surface area contributed by atoms with Crippen LogP contribution in [0.3, 0.4) is 0 Å². The molecule has 0 bridgehead atoms. The Balaban J connectivity index is 1.83. The van der Waals surface area contributed by atoms with Gasteiger partial charge in [0.15, 0.2) is 0 Å². The molecule has 2 aromatic carbocycles. The zero-order valence-corrected chi connectivity index (χ0v) is 13.6. The summed E-state index contributed by atoms with van der Waals surface area (Å²) in [4.78, 5) is 23.2. The third-order valence-corrected chi connectivity index (χ3v) is 3.66. The monoisotopic (exact) mass is 331 g/mol. The second-order valence-electron chi connectivity index (χ2n) is 5.08. The van der Waals surface area contributed by atoms with Gasteiger partial charge in [-0.25, -0.2) is 0 Å². The van der Waals surface area contributed by atoms with Gasteiger partial charge >= 0.3 is 5.97 Å². The van der Waals surface area contributed by atoms with E-state index in [9.17, 15) is 9.59 Å². The molecule has 0 aliphatic rings. The highest BCUT2D eigenvalue weighted by Gasteiger charge is 2.07. The van der Waals surface area contributed by atoms with E-state index in [1.807, 2.05) is 24.3 Å². The molecule has 0 spiro atoms. The van der Waals surface area contributed by atoms with Crippen molar-refractivity contribution in [1.29, 1.82) is 0 Å². The number of esters is 1. The molecule has 0 radical (unpaired) electrons. The lowest BCUT2D eigenvalue weighted by Crippen LogP contribution is -2.25. The van der Waals surface area contributed by atoms with Gasteiger partial charge in [0.05, 0.1) is 13.5 Å². The smallest absolute Gasteiger partial charge is 0.309 e. The van der Waals surface area contributed by atoms with Crippen LogP contribution >= 0.6 is 11.6 Å². The Morgan fingerprint density at radius 3 is 2.22 bits per heavy atom. The maximum Gasteiger partial charge on any atom is 0.309 e. The predicted octanol–water partition coefficient (Wildman–Crippen LogP) is 3.03. The number of hydrogen-bond acceptors (Lipinski definition) is 3. The Labute approximate surface area is 140 Å². The first-order valence-corrected chi connectivity index (χ1v) is 7.64. The van der Waals surface area contributed by atoms with Gasteiger partial charge in [0.2, 0.25) is 0 Å². The number of halogens is 1. The first kappa shape index (κ1) is 17.0. The van der Waals surface area contributed by atoms with Crippen LogP contribution in [0.5, 0.6) is 0 Å². The van der Waals surface area contributed by atoms with E-state index >= 15 is 0 Å². The predicted molar refractivity (Wildman–Crippen MR) is 89.7 cm³/mol. The lowest BCUT2D eigenvalue weighted by atomic mass is 10.1. The Kier molecular flexibility index (Phi) is 6.18. The van der Waals surface area contributed by atoms with Crippen molar-refractivity contribution in [2.75, 3.05) is 13.7 Å². The molecule has 1 N–H and O–H groups in total. The van der Waals surface area contributed by atoms with Crippen LogP contribution in [0.1, 0.15) is 21.5 Å². The Morgan fingerprint density at radius 2 is 1.61 bits per heavy atom. The van der Waals surface area contributed by atoms with Gasteiger partial charge in [-0.1, -0.05) is 35.9 Å². The highest BCUT2D eigenvalue weighted by molar-refractivity contribution is 6.30. The van der Waals surface area contributed by atoms with E-state index in [0.29, 0.717) is 17.1 Å². The summed E-state index contributed by atoms with van der Waals surface area (Å²) >= 11 is 5.83. The van der Waals surface area contributed by atoms with Crippen molar-refractivity contribution in [1.82, 2.24) is 5.32 Å². The zero-order valence-electron chi connectivity index (χ0n) is 12.8. The molecule has 2 rings (SSSR count). The zero-order chi connectivity index (χ0) is 16.7. The average molecular weight is 332 g/mol. The van der Waals surface area contributed by atoms with Crippen LogP contribution in [0, 0.1) is 0 Å².